The SMILES string of the molecule is C=CC(NCc1ccccc1)OC(N)=O. The van der Waals surface area contributed by atoms with Crippen LogP contribution >= 0.6 is 0 Å². The van der Waals surface area contributed by atoms with Crippen molar-refractivity contribution in [1.29, 1.82) is 0 Å². The van der Waals surface area contributed by atoms with Gasteiger partial charge in [-0.3, -0.25) is 5.32 Å². The van der Waals surface area contributed by atoms with E-state index in [9.17, 15) is 4.79 Å². The van der Waals surface area contributed by atoms with Gasteiger partial charge in [0.15, 0.2) is 6.23 Å². The van der Waals surface area contributed by atoms with Crippen LogP contribution in [0.25, 0.3) is 0 Å². The molecule has 1 amide bonds. The molecule has 0 aliphatic rings. The lowest BCUT2D eigenvalue weighted by molar-refractivity contribution is 0.111. The van der Waals surface area contributed by atoms with Crippen LogP contribution in [0.5, 0.6) is 0 Å². The van der Waals surface area contributed by atoms with E-state index in [0.717, 1.165) is 5.56 Å². The molecule has 0 saturated heterocycles. The summed E-state index contributed by atoms with van der Waals surface area (Å²) in [5, 5.41) is 2.98. The van der Waals surface area contributed by atoms with E-state index in [2.05, 4.69) is 11.9 Å². The zero-order chi connectivity index (χ0) is 11.1. The van der Waals surface area contributed by atoms with Gasteiger partial charge in [-0.2, -0.15) is 0 Å². The van der Waals surface area contributed by atoms with Gasteiger partial charge in [-0.05, 0) is 11.6 Å². The fraction of sp³-hybridized carbons (Fsp3) is 0.182. The van der Waals surface area contributed by atoms with E-state index in [-0.39, 0.29) is 0 Å². The van der Waals surface area contributed by atoms with Crippen molar-refractivity contribution in [1.82, 2.24) is 5.32 Å². The minimum atomic E-state index is -0.819. The summed E-state index contributed by atoms with van der Waals surface area (Å²) in [6.45, 7) is 4.12. The second-order valence-electron chi connectivity index (χ2n) is 2.96. The van der Waals surface area contributed by atoms with Crippen LogP contribution in [0.2, 0.25) is 0 Å². The van der Waals surface area contributed by atoms with Gasteiger partial charge in [0.05, 0.1) is 0 Å². The molecule has 0 aromatic heterocycles. The van der Waals surface area contributed by atoms with E-state index in [4.69, 9.17) is 10.5 Å². The first-order chi connectivity index (χ1) is 7.22. The van der Waals surface area contributed by atoms with Crippen molar-refractivity contribution >= 4 is 6.09 Å². The van der Waals surface area contributed by atoms with Crippen molar-refractivity contribution in [3.05, 3.63) is 48.6 Å². The summed E-state index contributed by atoms with van der Waals surface area (Å²) in [5.41, 5.74) is 5.98. The van der Waals surface area contributed by atoms with Crippen LogP contribution in [0.3, 0.4) is 0 Å². The van der Waals surface area contributed by atoms with E-state index in [1.807, 2.05) is 30.3 Å². The molecule has 0 saturated carbocycles. The lowest BCUT2D eigenvalue weighted by Gasteiger charge is -2.13. The van der Waals surface area contributed by atoms with Gasteiger partial charge in [0.25, 0.3) is 0 Å². The predicted octanol–water partition coefficient (Wildman–Crippen LogP) is 1.38. The van der Waals surface area contributed by atoms with E-state index in [1.54, 1.807) is 0 Å². The fourth-order valence-corrected chi connectivity index (χ4v) is 1.11. The smallest absolute Gasteiger partial charge is 0.406 e. The van der Waals surface area contributed by atoms with Crippen molar-refractivity contribution in [3.63, 3.8) is 0 Å². The molecule has 0 aliphatic carbocycles. The molecule has 4 nitrogen and oxygen atoms in total. The average Bonchev–Trinajstić information content (AvgIpc) is 2.25. The third-order valence-electron chi connectivity index (χ3n) is 1.81. The van der Waals surface area contributed by atoms with Gasteiger partial charge in [-0.1, -0.05) is 36.9 Å². The first-order valence-electron chi connectivity index (χ1n) is 4.58. The monoisotopic (exact) mass is 206 g/mol. The van der Waals surface area contributed by atoms with Gasteiger partial charge >= 0.3 is 6.09 Å². The molecule has 1 rings (SSSR count). The molecule has 0 radical (unpaired) electrons. The van der Waals surface area contributed by atoms with E-state index >= 15 is 0 Å². The summed E-state index contributed by atoms with van der Waals surface area (Å²) in [4.78, 5) is 10.5. The second kappa shape index (κ2) is 5.82. The molecule has 0 heterocycles. The molecule has 0 spiro atoms. The fourth-order valence-electron chi connectivity index (χ4n) is 1.11. The van der Waals surface area contributed by atoms with Crippen LogP contribution in [-0.2, 0) is 11.3 Å². The van der Waals surface area contributed by atoms with Gasteiger partial charge in [0.1, 0.15) is 0 Å². The number of carbonyl (C=O) groups excluding carboxylic acids is 1. The lowest BCUT2D eigenvalue weighted by atomic mass is 10.2. The number of nitrogens with two attached hydrogens (primary N) is 1. The van der Waals surface area contributed by atoms with Crippen LogP contribution in [0, 0.1) is 0 Å². The van der Waals surface area contributed by atoms with Crippen molar-refractivity contribution < 1.29 is 9.53 Å². The summed E-state index contributed by atoms with van der Waals surface area (Å²) in [5.74, 6) is 0. The molecule has 1 atom stereocenters. The van der Waals surface area contributed by atoms with E-state index in [0.29, 0.717) is 6.54 Å². The largest absolute Gasteiger partial charge is 0.427 e. The van der Waals surface area contributed by atoms with Crippen LogP contribution in [0.15, 0.2) is 43.0 Å². The number of amides is 1. The molecule has 1 aromatic carbocycles. The molecule has 0 bridgehead atoms. The molecule has 80 valence electrons. The lowest BCUT2D eigenvalue weighted by Crippen LogP contribution is -2.33. The van der Waals surface area contributed by atoms with Gasteiger partial charge in [0.2, 0.25) is 0 Å². The minimum Gasteiger partial charge on any atom is -0.427 e. The Bertz CT molecular complexity index is 325. The summed E-state index contributed by atoms with van der Waals surface area (Å²) in [7, 11) is 0. The first kappa shape index (κ1) is 11.3. The Morgan fingerprint density at radius 3 is 2.73 bits per heavy atom. The van der Waals surface area contributed by atoms with Crippen LogP contribution < -0.4 is 11.1 Å². The molecular formula is C11H14N2O2. The highest BCUT2D eigenvalue weighted by Crippen LogP contribution is 1.99. The Kier molecular flexibility index (Phi) is 4.37. The van der Waals surface area contributed by atoms with Gasteiger partial charge in [-0.15, -0.1) is 0 Å². The normalized spacial score (nSPS) is 11.7. The maximum Gasteiger partial charge on any atom is 0.406 e. The molecule has 1 unspecified atom stereocenters. The topological polar surface area (TPSA) is 64.3 Å². The number of benzene rings is 1. The van der Waals surface area contributed by atoms with Crippen molar-refractivity contribution in [2.45, 2.75) is 12.8 Å². The van der Waals surface area contributed by atoms with Gasteiger partial charge in [0, 0.05) is 6.54 Å². The average molecular weight is 206 g/mol. The quantitative estimate of drug-likeness (QED) is 0.565. The Labute approximate surface area is 88.7 Å². The van der Waals surface area contributed by atoms with E-state index in [1.165, 1.54) is 6.08 Å². The van der Waals surface area contributed by atoms with Crippen molar-refractivity contribution in [2.24, 2.45) is 5.73 Å². The standard InChI is InChI=1S/C11H14N2O2/c1-2-10(15-11(12)14)13-8-9-6-4-3-5-7-9/h2-7,10,13H,1,8H2,(H2,12,14). The molecule has 1 aromatic rings. The molecular weight excluding hydrogens is 192 g/mol. The zero-order valence-electron chi connectivity index (χ0n) is 8.35. The Morgan fingerprint density at radius 1 is 1.53 bits per heavy atom. The number of hydrogen-bond acceptors (Lipinski definition) is 3. The van der Waals surface area contributed by atoms with Crippen molar-refractivity contribution in [2.75, 3.05) is 0 Å². The minimum absolute atomic E-state index is 0.553. The highest BCUT2D eigenvalue weighted by atomic mass is 16.6. The third-order valence-corrected chi connectivity index (χ3v) is 1.81. The highest BCUT2D eigenvalue weighted by Gasteiger charge is 2.06. The molecule has 4 heteroatoms. The van der Waals surface area contributed by atoms with Crippen molar-refractivity contribution in [3.8, 4) is 0 Å². The van der Waals surface area contributed by atoms with Crippen LogP contribution in [0.1, 0.15) is 5.56 Å². The summed E-state index contributed by atoms with van der Waals surface area (Å²) < 4.78 is 4.73. The van der Waals surface area contributed by atoms with Crippen LogP contribution in [0.4, 0.5) is 4.79 Å². The van der Waals surface area contributed by atoms with E-state index < -0.39 is 12.3 Å². The summed E-state index contributed by atoms with van der Waals surface area (Å²) >= 11 is 0. The van der Waals surface area contributed by atoms with Gasteiger partial charge < -0.3 is 10.5 Å². The second-order valence-corrected chi connectivity index (χ2v) is 2.96. The molecule has 0 aliphatic heterocycles. The van der Waals surface area contributed by atoms with Gasteiger partial charge in [-0.25, -0.2) is 4.79 Å². The van der Waals surface area contributed by atoms with Crippen LogP contribution in [-0.4, -0.2) is 12.3 Å². The maximum absolute atomic E-state index is 10.5. The maximum atomic E-state index is 10.5. The summed E-state index contributed by atoms with van der Waals surface area (Å²) in [6.07, 6.45) is 0.108. The number of rotatable bonds is 5. The zero-order valence-corrected chi connectivity index (χ0v) is 8.35. The molecule has 3 N–H and O–H groups in total. The Morgan fingerprint density at radius 2 is 2.20 bits per heavy atom. The third kappa shape index (κ3) is 4.28. The highest BCUT2D eigenvalue weighted by molar-refractivity contribution is 5.64. The number of ether oxygens (including phenoxy) is 1. The number of primary amides is 1. The Balaban J connectivity index is 2.41. The first-order valence-corrected chi connectivity index (χ1v) is 4.58. The number of nitrogens with one attached hydrogen (secondary N) is 1. The molecule has 15 heavy (non-hydrogen) atoms. The number of carbonyl (C=O) groups is 1. The predicted molar refractivity (Wildman–Crippen MR) is 57.9 cm³/mol. The summed E-state index contributed by atoms with van der Waals surface area (Å²) in [6, 6.07) is 9.76. The Hall–Kier alpha value is -1.81. The molecule has 0 fully saturated rings. The number of hydrogen-bond donors (Lipinski definition) is 2.